The highest BCUT2D eigenvalue weighted by atomic mass is 79.9. The summed E-state index contributed by atoms with van der Waals surface area (Å²) in [6.45, 7) is 4.29. The van der Waals surface area contributed by atoms with Gasteiger partial charge in [-0.3, -0.25) is 0 Å². The van der Waals surface area contributed by atoms with E-state index in [9.17, 15) is 10.1 Å². The van der Waals surface area contributed by atoms with Gasteiger partial charge in [-0.1, -0.05) is 35.0 Å². The number of hydrogen-bond acceptors (Lipinski definition) is 7. The summed E-state index contributed by atoms with van der Waals surface area (Å²) in [5.41, 5.74) is 2.28. The minimum Gasteiger partial charge on any atom is -0.496 e. The summed E-state index contributed by atoms with van der Waals surface area (Å²) in [7, 11) is 1.59. The van der Waals surface area contributed by atoms with Gasteiger partial charge < -0.3 is 24.0 Å². The number of halogens is 1. The summed E-state index contributed by atoms with van der Waals surface area (Å²) in [6, 6.07) is 10.7. The number of aryl methyl sites for hydroxylation is 1. The molecule has 0 radical (unpaired) electrons. The van der Waals surface area contributed by atoms with Crippen molar-refractivity contribution in [1.82, 2.24) is 14.6 Å². The molecule has 9 nitrogen and oxygen atoms in total. The third-order valence-corrected chi connectivity index (χ3v) is 5.29. The number of methoxy groups -OCH3 is 1. The largest absolute Gasteiger partial charge is 0.496 e. The van der Waals surface area contributed by atoms with E-state index in [-0.39, 0.29) is 23.2 Å². The van der Waals surface area contributed by atoms with Crippen molar-refractivity contribution in [3.63, 3.8) is 0 Å². The molecule has 0 atom stereocenters. The quantitative estimate of drug-likeness (QED) is 0.257. The number of ether oxygens (including phenoxy) is 2. The van der Waals surface area contributed by atoms with Gasteiger partial charge >= 0.3 is 11.7 Å². The summed E-state index contributed by atoms with van der Waals surface area (Å²) in [5, 5.41) is 16.2. The van der Waals surface area contributed by atoms with Gasteiger partial charge in [0.1, 0.15) is 11.5 Å². The molecule has 31 heavy (non-hydrogen) atoms. The molecular weight excluding hydrogens is 468 g/mol. The molecule has 0 amide bonds. The maximum atomic E-state index is 11.8. The number of aromatic nitrogens is 3. The minimum absolute atomic E-state index is 0.0240. The Morgan fingerprint density at radius 1 is 1.19 bits per heavy atom. The number of rotatable bonds is 7. The maximum Gasteiger partial charge on any atom is 0.425 e. The Labute approximate surface area is 185 Å². The number of imidazole rings is 1. The fourth-order valence-electron chi connectivity index (χ4n) is 3.33. The van der Waals surface area contributed by atoms with E-state index < -0.39 is 4.92 Å². The lowest BCUT2D eigenvalue weighted by Crippen LogP contribution is -2.00. The first-order chi connectivity index (χ1) is 15.0. The zero-order valence-electron chi connectivity index (χ0n) is 17.1. The lowest BCUT2D eigenvalue weighted by molar-refractivity contribution is -0.390. The van der Waals surface area contributed by atoms with E-state index in [1.54, 1.807) is 37.4 Å². The van der Waals surface area contributed by atoms with Crippen molar-refractivity contribution >= 4 is 27.6 Å². The fraction of sp³-hybridized carbons (Fsp3) is 0.238. The second-order valence-electron chi connectivity index (χ2n) is 6.60. The summed E-state index contributed by atoms with van der Waals surface area (Å²) >= 11 is 3.36. The van der Waals surface area contributed by atoms with Gasteiger partial charge in [0.25, 0.3) is 5.89 Å². The van der Waals surface area contributed by atoms with Gasteiger partial charge in [-0.05, 0) is 51.6 Å². The molecule has 4 aromatic rings. The minimum atomic E-state index is -0.515. The molecule has 2 heterocycles. The second-order valence-corrected chi connectivity index (χ2v) is 7.51. The van der Waals surface area contributed by atoms with Crippen molar-refractivity contribution in [2.45, 2.75) is 20.3 Å². The summed E-state index contributed by atoms with van der Waals surface area (Å²) in [4.78, 5) is 15.7. The molecule has 4 rings (SSSR count). The molecule has 0 spiro atoms. The molecule has 10 heteroatoms. The molecule has 0 aliphatic heterocycles. The Balaban J connectivity index is 1.89. The highest BCUT2D eigenvalue weighted by Gasteiger charge is 2.30. The molecule has 0 unspecified atom stereocenters. The third-order valence-electron chi connectivity index (χ3n) is 4.76. The standard InChI is InChI=1S/C21H19BrN4O5/c1-4-12-10-15(17(30-5-2)11-16(12)29-3)19-24-25-20(26(27)28)18(23-21(25)31-19)13-6-8-14(22)9-7-13/h6-11H,4-5H2,1-3H3. The topological polar surface area (TPSA) is 105 Å². The van der Waals surface area contributed by atoms with Crippen molar-refractivity contribution in [3.05, 3.63) is 56.5 Å². The van der Waals surface area contributed by atoms with Crippen molar-refractivity contribution in [2.75, 3.05) is 13.7 Å². The van der Waals surface area contributed by atoms with E-state index >= 15 is 0 Å². The number of hydrogen-bond donors (Lipinski definition) is 0. The van der Waals surface area contributed by atoms with Gasteiger partial charge in [0.05, 0.1) is 19.3 Å². The van der Waals surface area contributed by atoms with E-state index in [1.807, 2.05) is 19.9 Å². The molecule has 0 bridgehead atoms. The van der Waals surface area contributed by atoms with Crippen LogP contribution in [-0.2, 0) is 6.42 Å². The van der Waals surface area contributed by atoms with Crippen LogP contribution in [0.4, 0.5) is 5.82 Å². The molecule has 0 saturated carbocycles. The van der Waals surface area contributed by atoms with Crippen LogP contribution in [0, 0.1) is 10.1 Å². The number of benzene rings is 2. The molecule has 0 aliphatic rings. The highest BCUT2D eigenvalue weighted by molar-refractivity contribution is 9.10. The Bertz CT molecular complexity index is 1260. The first-order valence-electron chi connectivity index (χ1n) is 9.60. The maximum absolute atomic E-state index is 11.8. The van der Waals surface area contributed by atoms with E-state index in [1.165, 1.54) is 0 Å². The van der Waals surface area contributed by atoms with Gasteiger partial charge in [0.15, 0.2) is 5.69 Å². The van der Waals surface area contributed by atoms with Gasteiger partial charge in [-0.2, -0.15) is 4.98 Å². The molecule has 0 N–H and O–H groups in total. The average molecular weight is 487 g/mol. The molecule has 0 aliphatic carbocycles. The van der Waals surface area contributed by atoms with Crippen LogP contribution in [0.25, 0.3) is 28.6 Å². The predicted molar refractivity (Wildman–Crippen MR) is 118 cm³/mol. The van der Waals surface area contributed by atoms with Gasteiger partial charge in [0, 0.05) is 16.1 Å². The van der Waals surface area contributed by atoms with E-state index in [2.05, 4.69) is 26.0 Å². The van der Waals surface area contributed by atoms with E-state index in [0.29, 0.717) is 35.7 Å². The summed E-state index contributed by atoms with van der Waals surface area (Å²) in [6.07, 6.45) is 0.717. The average Bonchev–Trinajstić information content (AvgIpc) is 3.32. The van der Waals surface area contributed by atoms with Crippen molar-refractivity contribution in [3.8, 4) is 34.2 Å². The highest BCUT2D eigenvalue weighted by Crippen LogP contribution is 2.38. The molecule has 0 fully saturated rings. The Morgan fingerprint density at radius 2 is 1.94 bits per heavy atom. The lowest BCUT2D eigenvalue weighted by atomic mass is 10.1. The Morgan fingerprint density at radius 3 is 2.55 bits per heavy atom. The van der Waals surface area contributed by atoms with Crippen molar-refractivity contribution in [2.24, 2.45) is 0 Å². The van der Waals surface area contributed by atoms with Crippen LogP contribution in [-0.4, -0.2) is 33.2 Å². The normalized spacial score (nSPS) is 11.1. The summed E-state index contributed by atoms with van der Waals surface area (Å²) < 4.78 is 19.0. The van der Waals surface area contributed by atoms with E-state index in [4.69, 9.17) is 13.9 Å². The monoisotopic (exact) mass is 486 g/mol. The van der Waals surface area contributed by atoms with Crippen LogP contribution >= 0.6 is 15.9 Å². The first kappa shape index (κ1) is 20.9. The van der Waals surface area contributed by atoms with E-state index in [0.717, 1.165) is 14.6 Å². The molecule has 0 saturated heterocycles. The predicted octanol–water partition coefficient (Wildman–Crippen LogP) is 5.30. The zero-order valence-corrected chi connectivity index (χ0v) is 18.7. The van der Waals surface area contributed by atoms with Crippen LogP contribution in [0.15, 0.2) is 45.3 Å². The summed E-state index contributed by atoms with van der Waals surface area (Å²) in [5.74, 6) is 1.13. The number of nitro groups is 1. The molecule has 160 valence electrons. The lowest BCUT2D eigenvalue weighted by Gasteiger charge is -2.13. The van der Waals surface area contributed by atoms with Crippen LogP contribution in [0.3, 0.4) is 0 Å². The molecule has 2 aromatic carbocycles. The van der Waals surface area contributed by atoms with Gasteiger partial charge in [-0.15, -0.1) is 0 Å². The smallest absolute Gasteiger partial charge is 0.425 e. The van der Waals surface area contributed by atoms with Crippen LogP contribution < -0.4 is 9.47 Å². The van der Waals surface area contributed by atoms with Crippen LogP contribution in [0.2, 0.25) is 0 Å². The van der Waals surface area contributed by atoms with Crippen molar-refractivity contribution in [1.29, 1.82) is 0 Å². The van der Waals surface area contributed by atoms with Gasteiger partial charge in [0.2, 0.25) is 0 Å². The second kappa shape index (κ2) is 8.38. The zero-order chi connectivity index (χ0) is 22.1. The fourth-order valence-corrected chi connectivity index (χ4v) is 3.59. The molecule has 2 aromatic heterocycles. The third kappa shape index (κ3) is 3.74. The van der Waals surface area contributed by atoms with Crippen LogP contribution in [0.5, 0.6) is 11.5 Å². The number of fused-ring (bicyclic) bond motifs is 1. The SMILES string of the molecule is CCOc1cc(OC)c(CC)cc1-c1nn2c([N+](=O)[O-])c(-c3ccc(Br)cc3)nc2o1. The Hall–Kier alpha value is -3.40. The van der Waals surface area contributed by atoms with Crippen LogP contribution in [0.1, 0.15) is 19.4 Å². The number of nitrogens with zero attached hydrogens (tertiary/aromatic N) is 4. The van der Waals surface area contributed by atoms with Crippen molar-refractivity contribution < 1.29 is 18.8 Å². The van der Waals surface area contributed by atoms with Gasteiger partial charge in [-0.25, -0.2) is 0 Å². The molecular formula is C21H19BrN4O5. The Kier molecular flexibility index (Phi) is 5.64. The first-order valence-corrected chi connectivity index (χ1v) is 10.4.